The van der Waals surface area contributed by atoms with Crippen molar-refractivity contribution in [2.45, 2.75) is 51.9 Å². The predicted octanol–water partition coefficient (Wildman–Crippen LogP) is 3.28. The van der Waals surface area contributed by atoms with E-state index in [1.165, 1.54) is 31.2 Å². The Morgan fingerprint density at radius 1 is 1.29 bits per heavy atom. The summed E-state index contributed by atoms with van der Waals surface area (Å²) in [5.41, 5.74) is 1.72. The van der Waals surface area contributed by atoms with Gasteiger partial charge in [0.25, 0.3) is 0 Å². The summed E-state index contributed by atoms with van der Waals surface area (Å²) in [6.07, 6.45) is 9.17. The molecule has 0 aliphatic rings. The lowest BCUT2D eigenvalue weighted by atomic mass is 9.77. The molecule has 1 heterocycles. The molecule has 1 aromatic rings. The van der Waals surface area contributed by atoms with Crippen LogP contribution >= 0.6 is 0 Å². The molecule has 0 N–H and O–H groups in total. The van der Waals surface area contributed by atoms with Gasteiger partial charge >= 0.3 is 0 Å². The molecule has 14 heavy (non-hydrogen) atoms. The Morgan fingerprint density at radius 2 is 1.86 bits per heavy atom. The molecule has 1 aromatic heterocycles. The van der Waals surface area contributed by atoms with Crippen molar-refractivity contribution in [2.24, 2.45) is 7.05 Å². The Kier molecular flexibility index (Phi) is 3.73. The van der Waals surface area contributed by atoms with E-state index in [1.54, 1.807) is 0 Å². The molecule has 0 fully saturated rings. The maximum Gasteiger partial charge on any atom is 0.0527 e. The minimum absolute atomic E-state index is 0.331. The largest absolute Gasteiger partial charge is 0.276 e. The van der Waals surface area contributed by atoms with E-state index in [9.17, 15) is 0 Å². The van der Waals surface area contributed by atoms with Crippen molar-refractivity contribution in [3.05, 3.63) is 18.0 Å². The quantitative estimate of drug-likeness (QED) is 0.703. The summed E-state index contributed by atoms with van der Waals surface area (Å²) in [4.78, 5) is 0. The first-order valence-corrected chi connectivity index (χ1v) is 5.61. The highest BCUT2D eigenvalue weighted by Crippen LogP contribution is 2.33. The van der Waals surface area contributed by atoms with Gasteiger partial charge in [0.15, 0.2) is 0 Å². The Labute approximate surface area is 87.3 Å². The van der Waals surface area contributed by atoms with Gasteiger partial charge in [0.1, 0.15) is 0 Å². The molecular weight excluding hydrogens is 172 g/mol. The van der Waals surface area contributed by atoms with Crippen molar-refractivity contribution in [3.8, 4) is 0 Å². The van der Waals surface area contributed by atoms with Crippen LogP contribution in [0.15, 0.2) is 12.4 Å². The third-order valence-corrected chi connectivity index (χ3v) is 3.01. The molecule has 0 aliphatic carbocycles. The first-order chi connectivity index (χ1) is 6.62. The van der Waals surface area contributed by atoms with Crippen LogP contribution in [0.5, 0.6) is 0 Å². The summed E-state index contributed by atoms with van der Waals surface area (Å²) in [6.45, 7) is 6.87. The predicted molar refractivity (Wildman–Crippen MR) is 60.4 cm³/mol. The molecule has 0 amide bonds. The fourth-order valence-electron chi connectivity index (χ4n) is 2.25. The Balaban J connectivity index is 2.86. The molecule has 0 radical (unpaired) electrons. The fourth-order valence-corrected chi connectivity index (χ4v) is 2.25. The van der Waals surface area contributed by atoms with E-state index in [0.29, 0.717) is 5.41 Å². The van der Waals surface area contributed by atoms with Gasteiger partial charge in [-0.3, -0.25) is 4.68 Å². The third kappa shape index (κ3) is 2.37. The highest BCUT2D eigenvalue weighted by atomic mass is 15.2. The number of aryl methyl sites for hydroxylation is 1. The fraction of sp³-hybridized carbons (Fsp3) is 0.750. The van der Waals surface area contributed by atoms with Gasteiger partial charge in [0, 0.05) is 13.2 Å². The van der Waals surface area contributed by atoms with Gasteiger partial charge in [-0.25, -0.2) is 0 Å². The van der Waals surface area contributed by atoms with E-state index in [4.69, 9.17) is 0 Å². The average molecular weight is 194 g/mol. The maximum atomic E-state index is 4.26. The number of hydrogen-bond acceptors (Lipinski definition) is 1. The summed E-state index contributed by atoms with van der Waals surface area (Å²) in [5, 5.41) is 4.26. The number of aromatic nitrogens is 2. The van der Waals surface area contributed by atoms with Crippen LogP contribution in [-0.2, 0) is 12.5 Å². The van der Waals surface area contributed by atoms with Crippen molar-refractivity contribution < 1.29 is 0 Å². The lowest BCUT2D eigenvalue weighted by Gasteiger charge is -2.27. The SMILES string of the molecule is CCCC(C)(CCC)c1cnn(C)c1. The molecule has 0 spiro atoms. The van der Waals surface area contributed by atoms with Crippen molar-refractivity contribution >= 4 is 0 Å². The zero-order chi connectivity index (χ0) is 10.6. The lowest BCUT2D eigenvalue weighted by Crippen LogP contribution is -2.20. The van der Waals surface area contributed by atoms with E-state index in [1.807, 2.05) is 17.9 Å². The molecule has 2 nitrogen and oxygen atoms in total. The van der Waals surface area contributed by atoms with Crippen LogP contribution in [0.1, 0.15) is 52.0 Å². The summed E-state index contributed by atoms with van der Waals surface area (Å²) in [5.74, 6) is 0. The molecule has 0 saturated carbocycles. The normalized spacial score (nSPS) is 12.0. The molecule has 1 rings (SSSR count). The molecule has 0 saturated heterocycles. The Hall–Kier alpha value is -0.790. The molecule has 80 valence electrons. The topological polar surface area (TPSA) is 17.8 Å². The Bertz CT molecular complexity index is 270. The molecule has 0 bridgehead atoms. The van der Waals surface area contributed by atoms with Gasteiger partial charge in [-0.15, -0.1) is 0 Å². The van der Waals surface area contributed by atoms with Gasteiger partial charge in [-0.05, 0) is 23.8 Å². The first kappa shape index (κ1) is 11.3. The molecule has 0 unspecified atom stereocenters. The number of rotatable bonds is 5. The number of nitrogens with zero attached hydrogens (tertiary/aromatic N) is 2. The zero-order valence-corrected chi connectivity index (χ0v) is 9.88. The zero-order valence-electron chi connectivity index (χ0n) is 9.88. The first-order valence-electron chi connectivity index (χ1n) is 5.61. The van der Waals surface area contributed by atoms with Gasteiger partial charge in [-0.1, -0.05) is 33.6 Å². The van der Waals surface area contributed by atoms with Crippen molar-refractivity contribution in [3.63, 3.8) is 0 Å². The van der Waals surface area contributed by atoms with E-state index in [-0.39, 0.29) is 0 Å². The standard InChI is InChI=1S/C12H22N2/c1-5-7-12(3,8-6-2)11-9-13-14(4)10-11/h9-10H,5-8H2,1-4H3. The van der Waals surface area contributed by atoms with E-state index < -0.39 is 0 Å². The molecule has 0 aliphatic heterocycles. The van der Waals surface area contributed by atoms with Gasteiger partial charge < -0.3 is 0 Å². The van der Waals surface area contributed by atoms with Crippen molar-refractivity contribution in [1.29, 1.82) is 0 Å². The van der Waals surface area contributed by atoms with E-state index in [2.05, 4.69) is 32.1 Å². The Morgan fingerprint density at radius 3 is 2.21 bits per heavy atom. The molecule has 0 aromatic carbocycles. The summed E-state index contributed by atoms with van der Waals surface area (Å²) >= 11 is 0. The van der Waals surface area contributed by atoms with Gasteiger partial charge in [-0.2, -0.15) is 5.10 Å². The minimum atomic E-state index is 0.331. The lowest BCUT2D eigenvalue weighted by molar-refractivity contribution is 0.391. The molecular formula is C12H22N2. The summed E-state index contributed by atoms with van der Waals surface area (Å²) < 4.78 is 1.90. The highest BCUT2D eigenvalue weighted by Gasteiger charge is 2.25. The summed E-state index contributed by atoms with van der Waals surface area (Å²) in [7, 11) is 1.99. The maximum absolute atomic E-state index is 4.26. The third-order valence-electron chi connectivity index (χ3n) is 3.01. The second kappa shape index (κ2) is 4.63. The van der Waals surface area contributed by atoms with Crippen LogP contribution in [0.2, 0.25) is 0 Å². The summed E-state index contributed by atoms with van der Waals surface area (Å²) in [6, 6.07) is 0. The monoisotopic (exact) mass is 194 g/mol. The number of hydrogen-bond donors (Lipinski definition) is 0. The highest BCUT2D eigenvalue weighted by molar-refractivity contribution is 5.17. The van der Waals surface area contributed by atoms with Crippen LogP contribution < -0.4 is 0 Å². The smallest absolute Gasteiger partial charge is 0.0527 e. The van der Waals surface area contributed by atoms with Crippen molar-refractivity contribution in [2.75, 3.05) is 0 Å². The van der Waals surface area contributed by atoms with Crippen LogP contribution in [0.25, 0.3) is 0 Å². The minimum Gasteiger partial charge on any atom is -0.276 e. The van der Waals surface area contributed by atoms with Crippen molar-refractivity contribution in [1.82, 2.24) is 9.78 Å². The second-order valence-corrected chi connectivity index (χ2v) is 4.46. The van der Waals surface area contributed by atoms with Crippen LogP contribution in [0.4, 0.5) is 0 Å². The van der Waals surface area contributed by atoms with Gasteiger partial charge in [0.05, 0.1) is 6.20 Å². The van der Waals surface area contributed by atoms with Gasteiger partial charge in [0.2, 0.25) is 0 Å². The molecule has 2 heteroatoms. The van der Waals surface area contributed by atoms with E-state index in [0.717, 1.165) is 0 Å². The van der Waals surface area contributed by atoms with E-state index >= 15 is 0 Å². The molecule has 0 atom stereocenters. The average Bonchev–Trinajstić information content (AvgIpc) is 2.53. The van der Waals surface area contributed by atoms with Crippen LogP contribution in [-0.4, -0.2) is 9.78 Å². The van der Waals surface area contributed by atoms with Crippen LogP contribution in [0.3, 0.4) is 0 Å². The van der Waals surface area contributed by atoms with Crippen LogP contribution in [0, 0.1) is 0 Å². The second-order valence-electron chi connectivity index (χ2n) is 4.46.